The van der Waals surface area contributed by atoms with Crippen molar-refractivity contribution in [3.8, 4) is 0 Å². The summed E-state index contributed by atoms with van der Waals surface area (Å²) in [7, 11) is 0. The van der Waals surface area contributed by atoms with Crippen LogP contribution in [0.25, 0.3) is 0 Å². The van der Waals surface area contributed by atoms with Gasteiger partial charge in [0.15, 0.2) is 0 Å². The summed E-state index contributed by atoms with van der Waals surface area (Å²) in [5, 5.41) is 0. The summed E-state index contributed by atoms with van der Waals surface area (Å²) in [6, 6.07) is 7.51. The average molecular weight is 300 g/mol. The Morgan fingerprint density at radius 1 is 1.09 bits per heavy atom. The molecule has 0 saturated carbocycles. The van der Waals surface area contributed by atoms with Gasteiger partial charge in [0.1, 0.15) is 0 Å². The fourth-order valence-corrected chi connectivity index (χ4v) is 3.33. The SMILES string of the molecule is CC(C)N1C(=O)C(=O)N(CC2CCc3ccccc3C2)C1=O. The van der Waals surface area contributed by atoms with Gasteiger partial charge in [-0.25, -0.2) is 4.79 Å². The lowest BCUT2D eigenvalue weighted by atomic mass is 9.84. The van der Waals surface area contributed by atoms with Crippen LogP contribution in [0.5, 0.6) is 0 Å². The maximum atomic E-state index is 12.3. The third-order valence-electron chi connectivity index (χ3n) is 4.49. The van der Waals surface area contributed by atoms with E-state index in [0.29, 0.717) is 6.54 Å². The summed E-state index contributed by atoms with van der Waals surface area (Å²) < 4.78 is 0. The first-order valence-corrected chi connectivity index (χ1v) is 7.75. The van der Waals surface area contributed by atoms with Gasteiger partial charge in [0.25, 0.3) is 0 Å². The van der Waals surface area contributed by atoms with Crippen LogP contribution in [0.4, 0.5) is 4.79 Å². The van der Waals surface area contributed by atoms with Gasteiger partial charge in [-0.05, 0) is 50.2 Å². The molecule has 1 aliphatic carbocycles. The highest BCUT2D eigenvalue weighted by molar-refractivity contribution is 6.44. The molecule has 1 aliphatic heterocycles. The summed E-state index contributed by atoms with van der Waals surface area (Å²) in [5.41, 5.74) is 2.63. The third-order valence-corrected chi connectivity index (χ3v) is 4.49. The third kappa shape index (κ3) is 2.40. The Morgan fingerprint density at radius 2 is 1.77 bits per heavy atom. The summed E-state index contributed by atoms with van der Waals surface area (Å²) in [6.07, 6.45) is 2.74. The molecule has 1 fully saturated rings. The van der Waals surface area contributed by atoms with Crippen LogP contribution in [0.3, 0.4) is 0 Å². The normalized spacial score (nSPS) is 21.8. The second-order valence-electron chi connectivity index (χ2n) is 6.34. The molecular weight excluding hydrogens is 280 g/mol. The van der Waals surface area contributed by atoms with E-state index in [-0.39, 0.29) is 12.0 Å². The molecule has 0 bridgehead atoms. The lowest BCUT2D eigenvalue weighted by Crippen LogP contribution is -2.40. The number of carbonyl (C=O) groups is 3. The molecule has 1 aromatic carbocycles. The number of amides is 4. The van der Waals surface area contributed by atoms with Gasteiger partial charge < -0.3 is 0 Å². The van der Waals surface area contributed by atoms with E-state index in [0.717, 1.165) is 29.1 Å². The number of aryl methyl sites for hydroxylation is 1. The van der Waals surface area contributed by atoms with E-state index in [1.165, 1.54) is 11.1 Å². The van der Waals surface area contributed by atoms with E-state index in [1.54, 1.807) is 13.8 Å². The highest BCUT2D eigenvalue weighted by atomic mass is 16.2. The lowest BCUT2D eigenvalue weighted by Gasteiger charge is -2.27. The Kier molecular flexibility index (Phi) is 3.72. The van der Waals surface area contributed by atoms with Crippen molar-refractivity contribution in [3.05, 3.63) is 35.4 Å². The van der Waals surface area contributed by atoms with E-state index < -0.39 is 17.8 Å². The minimum Gasteiger partial charge on any atom is -0.263 e. The van der Waals surface area contributed by atoms with Crippen molar-refractivity contribution < 1.29 is 14.4 Å². The maximum absolute atomic E-state index is 12.3. The van der Waals surface area contributed by atoms with Gasteiger partial charge in [-0.1, -0.05) is 24.3 Å². The van der Waals surface area contributed by atoms with Gasteiger partial charge in [0.2, 0.25) is 0 Å². The summed E-state index contributed by atoms with van der Waals surface area (Å²) in [6.45, 7) is 3.81. The fraction of sp³-hybridized carbons (Fsp3) is 0.471. The Morgan fingerprint density at radius 3 is 2.41 bits per heavy atom. The zero-order valence-electron chi connectivity index (χ0n) is 12.9. The maximum Gasteiger partial charge on any atom is 0.334 e. The van der Waals surface area contributed by atoms with E-state index in [1.807, 2.05) is 12.1 Å². The largest absolute Gasteiger partial charge is 0.334 e. The summed E-state index contributed by atoms with van der Waals surface area (Å²) >= 11 is 0. The standard InChI is InChI=1S/C17H20N2O3/c1-11(2)19-16(21)15(20)18(17(19)22)10-12-7-8-13-5-3-4-6-14(13)9-12/h3-6,11-12H,7-10H2,1-2H3. The molecule has 116 valence electrons. The van der Waals surface area contributed by atoms with Crippen LogP contribution < -0.4 is 0 Å². The molecule has 22 heavy (non-hydrogen) atoms. The van der Waals surface area contributed by atoms with E-state index >= 15 is 0 Å². The molecule has 2 aliphatic rings. The van der Waals surface area contributed by atoms with Crippen molar-refractivity contribution in [1.82, 2.24) is 9.80 Å². The zero-order valence-corrected chi connectivity index (χ0v) is 12.9. The molecule has 1 atom stereocenters. The zero-order chi connectivity index (χ0) is 15.9. The van der Waals surface area contributed by atoms with Crippen molar-refractivity contribution in [2.45, 2.75) is 39.2 Å². The number of urea groups is 1. The van der Waals surface area contributed by atoms with Crippen LogP contribution in [-0.2, 0) is 22.4 Å². The molecular formula is C17H20N2O3. The van der Waals surface area contributed by atoms with E-state index in [9.17, 15) is 14.4 Å². The molecule has 0 aromatic heterocycles. The lowest BCUT2D eigenvalue weighted by molar-refractivity contribution is -0.144. The number of hydrogen-bond donors (Lipinski definition) is 0. The molecule has 1 saturated heterocycles. The second-order valence-corrected chi connectivity index (χ2v) is 6.34. The molecule has 0 N–H and O–H groups in total. The van der Waals surface area contributed by atoms with Crippen molar-refractivity contribution >= 4 is 17.8 Å². The van der Waals surface area contributed by atoms with Gasteiger partial charge in [-0.2, -0.15) is 0 Å². The molecule has 0 radical (unpaired) electrons. The van der Waals surface area contributed by atoms with Crippen LogP contribution in [0, 0.1) is 5.92 Å². The molecule has 5 heteroatoms. The topological polar surface area (TPSA) is 57.7 Å². The minimum atomic E-state index is -0.698. The Balaban J connectivity index is 1.73. The second kappa shape index (κ2) is 5.55. The highest BCUT2D eigenvalue weighted by Crippen LogP contribution is 2.27. The Hall–Kier alpha value is -2.17. The van der Waals surface area contributed by atoms with Gasteiger partial charge in [-0.3, -0.25) is 19.4 Å². The van der Waals surface area contributed by atoms with Crippen LogP contribution in [-0.4, -0.2) is 40.2 Å². The van der Waals surface area contributed by atoms with Crippen molar-refractivity contribution in [2.24, 2.45) is 5.92 Å². The number of benzene rings is 1. The first kappa shape index (κ1) is 14.8. The minimum absolute atomic E-state index is 0.225. The predicted octanol–water partition coefficient (Wildman–Crippen LogP) is 1.99. The molecule has 0 spiro atoms. The molecule has 1 heterocycles. The Bertz CT molecular complexity index is 639. The quantitative estimate of drug-likeness (QED) is 0.633. The van der Waals surface area contributed by atoms with Crippen molar-refractivity contribution in [3.63, 3.8) is 0 Å². The molecule has 1 unspecified atom stereocenters. The van der Waals surface area contributed by atoms with E-state index in [2.05, 4.69) is 12.1 Å². The molecule has 3 rings (SSSR count). The Labute approximate surface area is 129 Å². The number of rotatable bonds is 3. The predicted molar refractivity (Wildman–Crippen MR) is 81.0 cm³/mol. The smallest absolute Gasteiger partial charge is 0.263 e. The molecule has 1 aromatic rings. The first-order chi connectivity index (χ1) is 10.5. The number of imide groups is 2. The van der Waals surface area contributed by atoms with Gasteiger partial charge in [0.05, 0.1) is 0 Å². The fourth-order valence-electron chi connectivity index (χ4n) is 3.33. The molecule has 5 nitrogen and oxygen atoms in total. The van der Waals surface area contributed by atoms with Crippen LogP contribution in [0.2, 0.25) is 0 Å². The van der Waals surface area contributed by atoms with Gasteiger partial charge in [-0.15, -0.1) is 0 Å². The van der Waals surface area contributed by atoms with Gasteiger partial charge >= 0.3 is 17.8 Å². The average Bonchev–Trinajstić information content (AvgIpc) is 2.71. The van der Waals surface area contributed by atoms with Crippen LogP contribution >= 0.6 is 0 Å². The number of carbonyl (C=O) groups excluding carboxylic acids is 3. The van der Waals surface area contributed by atoms with Gasteiger partial charge in [0, 0.05) is 12.6 Å². The number of nitrogens with zero attached hydrogens (tertiary/aromatic N) is 2. The molecule has 4 amide bonds. The van der Waals surface area contributed by atoms with Crippen molar-refractivity contribution in [2.75, 3.05) is 6.54 Å². The first-order valence-electron chi connectivity index (χ1n) is 7.75. The highest BCUT2D eigenvalue weighted by Gasteiger charge is 2.46. The summed E-state index contributed by atoms with van der Waals surface area (Å²) in [4.78, 5) is 38.5. The number of hydrogen-bond acceptors (Lipinski definition) is 3. The monoisotopic (exact) mass is 300 g/mol. The van der Waals surface area contributed by atoms with Crippen LogP contribution in [0.1, 0.15) is 31.4 Å². The van der Waals surface area contributed by atoms with E-state index in [4.69, 9.17) is 0 Å². The number of fused-ring (bicyclic) bond motifs is 1. The summed E-state index contributed by atoms with van der Waals surface area (Å²) in [5.74, 6) is -1.16. The van der Waals surface area contributed by atoms with Crippen LogP contribution in [0.15, 0.2) is 24.3 Å². The van der Waals surface area contributed by atoms with Crippen molar-refractivity contribution in [1.29, 1.82) is 0 Å².